The van der Waals surface area contributed by atoms with E-state index in [-0.39, 0.29) is 28.4 Å². The summed E-state index contributed by atoms with van der Waals surface area (Å²) in [6.45, 7) is -3.12. The number of fused-ring (bicyclic) bond motifs is 1. The number of ether oxygens (including phenoxy) is 3. The number of halogens is 2. The van der Waals surface area contributed by atoms with E-state index in [0.717, 1.165) is 30.1 Å². The molecule has 1 heterocycles. The van der Waals surface area contributed by atoms with E-state index in [1.807, 2.05) is 18.2 Å². The number of H-pyrrole nitrogens is 1. The van der Waals surface area contributed by atoms with Crippen molar-refractivity contribution in [2.24, 2.45) is 0 Å². The Balaban J connectivity index is 2.00. The summed E-state index contributed by atoms with van der Waals surface area (Å²) in [5, 5.41) is 3.33. The van der Waals surface area contributed by atoms with Gasteiger partial charge >= 0.3 is 12.6 Å². The van der Waals surface area contributed by atoms with E-state index < -0.39 is 18.5 Å². The summed E-state index contributed by atoms with van der Waals surface area (Å²) >= 11 is 0. The van der Waals surface area contributed by atoms with Gasteiger partial charge in [0.1, 0.15) is 5.69 Å². The fraction of sp³-hybridized carbons (Fsp3) is 0.158. The Morgan fingerprint density at radius 3 is 2.46 bits per heavy atom. The highest BCUT2D eigenvalue weighted by atomic mass is 19.3. The van der Waals surface area contributed by atoms with Crippen LogP contribution in [0.15, 0.2) is 42.5 Å². The van der Waals surface area contributed by atoms with Crippen LogP contribution in [0, 0.1) is 0 Å². The van der Waals surface area contributed by atoms with E-state index in [9.17, 15) is 18.4 Å². The minimum Gasteiger partial charge on any atom is -0.493 e. The molecular weight excluding hydrogens is 374 g/mol. The molecule has 0 aliphatic rings. The standard InChI is InChI=1S/C19H16F2N2O5/c1-26-15-8-11(18(25)27-2)13(9-16(15)28-19(20)21)23-17(24)14-7-10-5-3-4-6-12(10)22-14/h3-9,19,22H,1-2H3,(H,23,24). The van der Waals surface area contributed by atoms with Crippen LogP contribution in [0.25, 0.3) is 10.9 Å². The van der Waals surface area contributed by atoms with Crippen molar-refractivity contribution in [2.75, 3.05) is 19.5 Å². The summed E-state index contributed by atoms with van der Waals surface area (Å²) < 4.78 is 39.4. The predicted molar refractivity (Wildman–Crippen MR) is 97.2 cm³/mol. The molecule has 0 bridgehead atoms. The van der Waals surface area contributed by atoms with Gasteiger partial charge in [-0.15, -0.1) is 0 Å². The van der Waals surface area contributed by atoms with Gasteiger partial charge in [0.05, 0.1) is 25.5 Å². The van der Waals surface area contributed by atoms with Gasteiger partial charge in [0, 0.05) is 23.0 Å². The monoisotopic (exact) mass is 390 g/mol. The van der Waals surface area contributed by atoms with Crippen molar-refractivity contribution >= 4 is 28.5 Å². The third-order valence-corrected chi connectivity index (χ3v) is 3.95. The van der Waals surface area contributed by atoms with Crippen LogP contribution in [-0.4, -0.2) is 37.7 Å². The molecule has 7 nitrogen and oxygen atoms in total. The topological polar surface area (TPSA) is 89.7 Å². The summed E-state index contributed by atoms with van der Waals surface area (Å²) in [6.07, 6.45) is 0. The van der Waals surface area contributed by atoms with Gasteiger partial charge < -0.3 is 24.5 Å². The lowest BCUT2D eigenvalue weighted by Gasteiger charge is -2.15. The Labute approximate surface area is 158 Å². The number of alkyl halides is 2. The number of amides is 1. The number of anilines is 1. The molecule has 2 aromatic carbocycles. The first kappa shape index (κ1) is 19.2. The maximum Gasteiger partial charge on any atom is 0.387 e. The van der Waals surface area contributed by atoms with Crippen LogP contribution in [0.2, 0.25) is 0 Å². The molecule has 0 saturated carbocycles. The van der Waals surface area contributed by atoms with Gasteiger partial charge in [-0.25, -0.2) is 4.79 Å². The number of aromatic nitrogens is 1. The second-order valence-electron chi connectivity index (χ2n) is 5.64. The van der Waals surface area contributed by atoms with Crippen molar-refractivity contribution in [2.45, 2.75) is 6.61 Å². The van der Waals surface area contributed by atoms with Crippen molar-refractivity contribution in [1.29, 1.82) is 0 Å². The Morgan fingerprint density at radius 1 is 1.07 bits per heavy atom. The molecular formula is C19H16F2N2O5. The van der Waals surface area contributed by atoms with Crippen LogP contribution in [0.3, 0.4) is 0 Å². The molecule has 0 unspecified atom stereocenters. The van der Waals surface area contributed by atoms with Gasteiger partial charge in [0.25, 0.3) is 5.91 Å². The number of methoxy groups -OCH3 is 2. The SMILES string of the molecule is COC(=O)c1cc(OC)c(OC(F)F)cc1NC(=O)c1cc2ccccc2[nH]1. The molecule has 0 radical (unpaired) electrons. The fourth-order valence-electron chi connectivity index (χ4n) is 2.68. The quantitative estimate of drug-likeness (QED) is 0.625. The van der Waals surface area contributed by atoms with E-state index in [1.165, 1.54) is 7.11 Å². The lowest BCUT2D eigenvalue weighted by atomic mass is 10.1. The predicted octanol–water partition coefficient (Wildman–Crippen LogP) is 3.82. The number of hydrogen-bond donors (Lipinski definition) is 2. The van der Waals surface area contributed by atoms with Gasteiger partial charge in [-0.05, 0) is 12.1 Å². The van der Waals surface area contributed by atoms with Crippen LogP contribution in [0.4, 0.5) is 14.5 Å². The average molecular weight is 390 g/mol. The first-order valence-corrected chi connectivity index (χ1v) is 8.07. The highest BCUT2D eigenvalue weighted by molar-refractivity contribution is 6.09. The molecule has 3 aromatic rings. The Kier molecular flexibility index (Phi) is 5.44. The van der Waals surface area contributed by atoms with Crippen molar-refractivity contribution in [3.8, 4) is 11.5 Å². The molecule has 3 rings (SSSR count). The second kappa shape index (κ2) is 7.95. The zero-order valence-corrected chi connectivity index (χ0v) is 14.9. The van der Waals surface area contributed by atoms with E-state index >= 15 is 0 Å². The van der Waals surface area contributed by atoms with Gasteiger partial charge in [0.2, 0.25) is 0 Å². The number of esters is 1. The van der Waals surface area contributed by atoms with E-state index in [2.05, 4.69) is 15.0 Å². The average Bonchev–Trinajstić information content (AvgIpc) is 3.11. The zero-order valence-electron chi connectivity index (χ0n) is 14.9. The minimum absolute atomic E-state index is 0.0630. The van der Waals surface area contributed by atoms with Crippen molar-refractivity contribution in [3.63, 3.8) is 0 Å². The van der Waals surface area contributed by atoms with Crippen molar-refractivity contribution < 1.29 is 32.6 Å². The van der Waals surface area contributed by atoms with Crippen molar-refractivity contribution in [1.82, 2.24) is 4.98 Å². The number of para-hydroxylation sites is 1. The van der Waals surface area contributed by atoms with Crippen LogP contribution >= 0.6 is 0 Å². The molecule has 0 aliphatic carbocycles. The van der Waals surface area contributed by atoms with Gasteiger partial charge in [0.15, 0.2) is 11.5 Å². The van der Waals surface area contributed by atoms with Crippen LogP contribution < -0.4 is 14.8 Å². The minimum atomic E-state index is -3.12. The molecule has 0 spiro atoms. The molecule has 2 N–H and O–H groups in total. The molecule has 0 fully saturated rings. The number of carbonyl (C=O) groups excluding carboxylic acids is 2. The number of benzene rings is 2. The summed E-state index contributed by atoms with van der Waals surface area (Å²) in [7, 11) is 2.39. The summed E-state index contributed by atoms with van der Waals surface area (Å²) in [5.74, 6) is -1.80. The maximum absolute atomic E-state index is 12.7. The lowest BCUT2D eigenvalue weighted by molar-refractivity contribution is -0.0511. The molecule has 1 amide bonds. The Morgan fingerprint density at radius 2 is 1.82 bits per heavy atom. The van der Waals surface area contributed by atoms with Gasteiger partial charge in [-0.2, -0.15) is 8.78 Å². The van der Waals surface area contributed by atoms with E-state index in [0.29, 0.717) is 0 Å². The number of carbonyl (C=O) groups is 2. The number of rotatable bonds is 6. The van der Waals surface area contributed by atoms with Crippen LogP contribution in [-0.2, 0) is 4.74 Å². The van der Waals surface area contributed by atoms with Crippen LogP contribution in [0.5, 0.6) is 11.5 Å². The van der Waals surface area contributed by atoms with Crippen LogP contribution in [0.1, 0.15) is 20.8 Å². The van der Waals surface area contributed by atoms with Crippen molar-refractivity contribution in [3.05, 3.63) is 53.7 Å². The normalized spacial score (nSPS) is 10.8. The smallest absolute Gasteiger partial charge is 0.387 e. The largest absolute Gasteiger partial charge is 0.493 e. The summed E-state index contributed by atoms with van der Waals surface area (Å²) in [6, 6.07) is 11.1. The lowest BCUT2D eigenvalue weighted by Crippen LogP contribution is -2.16. The summed E-state index contributed by atoms with van der Waals surface area (Å²) in [4.78, 5) is 27.6. The summed E-state index contributed by atoms with van der Waals surface area (Å²) in [5.41, 5.74) is 0.832. The van der Waals surface area contributed by atoms with E-state index in [1.54, 1.807) is 12.1 Å². The molecule has 0 saturated heterocycles. The molecule has 0 aliphatic heterocycles. The van der Waals surface area contributed by atoms with Gasteiger partial charge in [-0.3, -0.25) is 4.79 Å². The number of nitrogens with one attached hydrogen (secondary N) is 2. The van der Waals surface area contributed by atoms with Gasteiger partial charge in [-0.1, -0.05) is 18.2 Å². The molecule has 28 heavy (non-hydrogen) atoms. The third kappa shape index (κ3) is 3.88. The maximum atomic E-state index is 12.7. The number of aromatic amines is 1. The number of hydrogen-bond acceptors (Lipinski definition) is 5. The Hall–Kier alpha value is -3.62. The van der Waals surface area contributed by atoms with E-state index in [4.69, 9.17) is 9.47 Å². The molecule has 1 aromatic heterocycles. The molecule has 146 valence electrons. The highest BCUT2D eigenvalue weighted by Crippen LogP contribution is 2.35. The Bertz CT molecular complexity index is 999. The first-order chi connectivity index (χ1) is 13.4. The highest BCUT2D eigenvalue weighted by Gasteiger charge is 2.22. The fourth-order valence-corrected chi connectivity index (χ4v) is 2.68. The zero-order chi connectivity index (χ0) is 20.3. The third-order valence-electron chi connectivity index (χ3n) is 3.95. The second-order valence-corrected chi connectivity index (χ2v) is 5.64. The first-order valence-electron chi connectivity index (χ1n) is 8.07. The molecule has 9 heteroatoms. The molecule has 0 atom stereocenters.